The van der Waals surface area contributed by atoms with Crippen LogP contribution in [0.1, 0.15) is 41.8 Å². The minimum Gasteiger partial charge on any atom is -0.494 e. The van der Waals surface area contributed by atoms with Gasteiger partial charge in [0.1, 0.15) is 11.6 Å². The zero-order valence-corrected chi connectivity index (χ0v) is 18.1. The summed E-state index contributed by atoms with van der Waals surface area (Å²) < 4.78 is 20.2. The van der Waals surface area contributed by atoms with Crippen molar-refractivity contribution in [2.75, 3.05) is 13.2 Å². The number of halogens is 1. The van der Waals surface area contributed by atoms with Gasteiger partial charge in [-0.2, -0.15) is 5.10 Å². The van der Waals surface area contributed by atoms with E-state index in [9.17, 15) is 9.18 Å². The second-order valence-corrected chi connectivity index (χ2v) is 7.57. The molecule has 1 aromatic carbocycles. The monoisotopic (exact) mass is 412 g/mol. The maximum absolute atomic E-state index is 12.9. The van der Waals surface area contributed by atoms with Crippen molar-refractivity contribution in [2.45, 2.75) is 46.5 Å². The Labute approximate surface area is 176 Å². The lowest BCUT2D eigenvalue weighted by molar-refractivity contribution is -0.121. The molecule has 0 spiro atoms. The van der Waals surface area contributed by atoms with Gasteiger partial charge in [-0.25, -0.2) is 9.37 Å². The summed E-state index contributed by atoms with van der Waals surface area (Å²) >= 11 is 0. The van der Waals surface area contributed by atoms with Gasteiger partial charge >= 0.3 is 0 Å². The number of nitrogens with zero attached hydrogens (tertiary/aromatic N) is 3. The van der Waals surface area contributed by atoms with Gasteiger partial charge in [0, 0.05) is 31.1 Å². The molecule has 3 aromatic rings. The van der Waals surface area contributed by atoms with E-state index < -0.39 is 0 Å². The number of aromatic nitrogens is 3. The van der Waals surface area contributed by atoms with Crippen LogP contribution in [0.25, 0.3) is 11.0 Å². The highest BCUT2D eigenvalue weighted by Gasteiger charge is 2.16. The average molecular weight is 413 g/mol. The van der Waals surface area contributed by atoms with Gasteiger partial charge in [0.2, 0.25) is 5.91 Å². The summed E-state index contributed by atoms with van der Waals surface area (Å²) in [5.74, 6) is 0.415. The molecule has 2 aromatic heterocycles. The number of unbranched alkanes of at least 4 members (excludes halogenated alkanes) is 1. The third-order valence-corrected chi connectivity index (χ3v) is 5.31. The molecule has 160 valence electrons. The first-order valence-electron chi connectivity index (χ1n) is 10.3. The Morgan fingerprint density at radius 2 is 1.87 bits per heavy atom. The van der Waals surface area contributed by atoms with Gasteiger partial charge in [0.25, 0.3) is 0 Å². The highest BCUT2D eigenvalue weighted by Crippen LogP contribution is 2.25. The smallest absolute Gasteiger partial charge is 0.220 e. The fraction of sp³-hybridized carbons (Fsp3) is 0.435. The lowest BCUT2D eigenvalue weighted by atomic mass is 9.99. The van der Waals surface area contributed by atoms with Gasteiger partial charge in [-0.05, 0) is 75.4 Å². The molecule has 0 bridgehead atoms. The van der Waals surface area contributed by atoms with E-state index in [0.29, 0.717) is 31.7 Å². The molecule has 0 atom stereocenters. The molecule has 1 N–H and O–H groups in total. The number of carbonyl (C=O) groups is 1. The molecule has 0 unspecified atom stereocenters. The minimum atomic E-state index is -0.276. The van der Waals surface area contributed by atoms with Crippen LogP contribution in [-0.2, 0) is 18.3 Å². The van der Waals surface area contributed by atoms with Crippen LogP contribution in [0.2, 0.25) is 0 Å². The predicted octanol–water partition coefficient (Wildman–Crippen LogP) is 3.94. The molecule has 6 nitrogen and oxygen atoms in total. The molecule has 1 amide bonds. The number of benzene rings is 1. The van der Waals surface area contributed by atoms with Gasteiger partial charge in [-0.15, -0.1) is 0 Å². The first-order valence-corrected chi connectivity index (χ1v) is 10.3. The maximum atomic E-state index is 12.9. The number of hydrogen-bond acceptors (Lipinski definition) is 4. The molecule has 30 heavy (non-hydrogen) atoms. The van der Waals surface area contributed by atoms with Crippen molar-refractivity contribution in [3.05, 3.63) is 52.6 Å². The molecule has 3 rings (SSSR count). The van der Waals surface area contributed by atoms with E-state index in [1.807, 2.05) is 20.9 Å². The number of carbonyl (C=O) groups excluding carboxylic acids is 1. The summed E-state index contributed by atoms with van der Waals surface area (Å²) in [5.41, 5.74) is 5.09. The van der Waals surface area contributed by atoms with Gasteiger partial charge in [-0.3, -0.25) is 9.48 Å². The molecule has 0 saturated heterocycles. The lowest BCUT2D eigenvalue weighted by Gasteiger charge is -2.11. The maximum Gasteiger partial charge on any atom is 0.220 e. The highest BCUT2D eigenvalue weighted by atomic mass is 19.1. The van der Waals surface area contributed by atoms with Gasteiger partial charge < -0.3 is 10.1 Å². The Balaban J connectivity index is 1.41. The summed E-state index contributed by atoms with van der Waals surface area (Å²) in [4.78, 5) is 16.9. The van der Waals surface area contributed by atoms with E-state index in [-0.39, 0.29) is 11.7 Å². The SMILES string of the molecule is Cc1nc2c(c(C)nn2C)c(C)c1CCC(=O)NCCCCOc1ccc(F)cc1. The predicted molar refractivity (Wildman–Crippen MR) is 115 cm³/mol. The number of ether oxygens (including phenoxy) is 1. The van der Waals surface area contributed by atoms with Crippen LogP contribution in [0.3, 0.4) is 0 Å². The van der Waals surface area contributed by atoms with E-state index in [1.54, 1.807) is 16.8 Å². The molecular formula is C23H29FN4O2. The standard InChI is InChI=1S/C23H29FN4O2/c1-15-20(16(2)26-23-22(15)17(3)27-28(23)4)11-12-21(29)25-13-5-6-14-30-19-9-7-18(24)8-10-19/h7-10H,5-6,11-14H2,1-4H3,(H,25,29). The van der Waals surface area contributed by atoms with Crippen molar-refractivity contribution in [2.24, 2.45) is 7.05 Å². The highest BCUT2D eigenvalue weighted by molar-refractivity contribution is 5.84. The molecule has 0 radical (unpaired) electrons. The van der Waals surface area contributed by atoms with E-state index in [0.717, 1.165) is 46.4 Å². The number of pyridine rings is 1. The Bertz CT molecular complexity index is 1030. The molecule has 0 aliphatic heterocycles. The summed E-state index contributed by atoms with van der Waals surface area (Å²) in [6, 6.07) is 5.98. The fourth-order valence-electron chi connectivity index (χ4n) is 3.73. The summed E-state index contributed by atoms with van der Waals surface area (Å²) in [7, 11) is 1.90. The number of nitrogens with one attached hydrogen (secondary N) is 1. The van der Waals surface area contributed by atoms with Crippen molar-refractivity contribution in [1.29, 1.82) is 0 Å². The number of amides is 1. The molecule has 0 saturated carbocycles. The summed E-state index contributed by atoms with van der Waals surface area (Å²) in [6.07, 6.45) is 2.73. The second-order valence-electron chi connectivity index (χ2n) is 7.57. The zero-order valence-electron chi connectivity index (χ0n) is 18.1. The number of rotatable bonds is 9. The molecule has 2 heterocycles. The molecule has 0 fully saturated rings. The van der Waals surface area contributed by atoms with E-state index >= 15 is 0 Å². The van der Waals surface area contributed by atoms with Gasteiger partial charge in [-0.1, -0.05) is 0 Å². The lowest BCUT2D eigenvalue weighted by Crippen LogP contribution is -2.25. The van der Waals surface area contributed by atoms with Crippen LogP contribution in [-0.4, -0.2) is 33.8 Å². The first kappa shape index (κ1) is 21.7. The Kier molecular flexibility index (Phi) is 7.03. The summed E-state index contributed by atoms with van der Waals surface area (Å²) in [5, 5.41) is 8.52. The van der Waals surface area contributed by atoms with E-state index in [2.05, 4.69) is 17.3 Å². The van der Waals surface area contributed by atoms with Crippen LogP contribution in [0.15, 0.2) is 24.3 Å². The first-order chi connectivity index (χ1) is 14.4. The van der Waals surface area contributed by atoms with Gasteiger partial charge in [0.05, 0.1) is 12.3 Å². The topological polar surface area (TPSA) is 69.0 Å². The Hall–Kier alpha value is -2.96. The van der Waals surface area contributed by atoms with Crippen LogP contribution in [0, 0.1) is 26.6 Å². The Morgan fingerprint density at radius 1 is 1.13 bits per heavy atom. The van der Waals surface area contributed by atoms with Crippen molar-refractivity contribution in [3.63, 3.8) is 0 Å². The second kappa shape index (κ2) is 9.69. The fourth-order valence-corrected chi connectivity index (χ4v) is 3.73. The van der Waals surface area contributed by atoms with Gasteiger partial charge in [0.15, 0.2) is 5.65 Å². The van der Waals surface area contributed by atoms with E-state index in [1.165, 1.54) is 12.1 Å². The van der Waals surface area contributed by atoms with Crippen LogP contribution < -0.4 is 10.1 Å². The van der Waals surface area contributed by atoms with Crippen molar-refractivity contribution in [1.82, 2.24) is 20.1 Å². The number of aryl methyl sites for hydroxylation is 4. The number of hydrogen-bond donors (Lipinski definition) is 1. The van der Waals surface area contributed by atoms with Crippen LogP contribution >= 0.6 is 0 Å². The van der Waals surface area contributed by atoms with Crippen molar-refractivity contribution < 1.29 is 13.9 Å². The molecular weight excluding hydrogens is 383 g/mol. The van der Waals surface area contributed by atoms with Crippen molar-refractivity contribution in [3.8, 4) is 5.75 Å². The minimum absolute atomic E-state index is 0.0382. The quantitative estimate of drug-likeness (QED) is 0.541. The molecule has 0 aliphatic carbocycles. The molecule has 0 aliphatic rings. The zero-order chi connectivity index (χ0) is 21.7. The Morgan fingerprint density at radius 3 is 2.60 bits per heavy atom. The summed E-state index contributed by atoms with van der Waals surface area (Å²) in [6.45, 7) is 7.21. The number of fused-ring (bicyclic) bond motifs is 1. The normalized spacial score (nSPS) is 11.1. The van der Waals surface area contributed by atoms with E-state index in [4.69, 9.17) is 9.72 Å². The van der Waals surface area contributed by atoms with Crippen LogP contribution in [0.4, 0.5) is 4.39 Å². The van der Waals surface area contributed by atoms with Crippen LogP contribution in [0.5, 0.6) is 5.75 Å². The molecule has 7 heteroatoms. The average Bonchev–Trinajstić information content (AvgIpc) is 2.99. The van der Waals surface area contributed by atoms with Crippen molar-refractivity contribution >= 4 is 16.9 Å². The largest absolute Gasteiger partial charge is 0.494 e. The third-order valence-electron chi connectivity index (χ3n) is 5.31. The third kappa shape index (κ3) is 5.14.